The van der Waals surface area contributed by atoms with E-state index in [-0.39, 0.29) is 29.4 Å². The number of cyclic esters (lactones) is 1. The first kappa shape index (κ1) is 15.2. The van der Waals surface area contributed by atoms with Crippen LogP contribution >= 0.6 is 0 Å². The van der Waals surface area contributed by atoms with Crippen LogP contribution in [0.2, 0.25) is 0 Å². The first-order chi connectivity index (χ1) is 11.4. The van der Waals surface area contributed by atoms with Crippen LogP contribution in [0, 0.1) is 52.8 Å². The minimum Gasteiger partial charge on any atom is -0.465 e. The van der Waals surface area contributed by atoms with Crippen molar-refractivity contribution in [1.82, 2.24) is 0 Å². The number of fused-ring (bicyclic) bond motifs is 12. The highest BCUT2D eigenvalue weighted by molar-refractivity contribution is 5.77. The van der Waals surface area contributed by atoms with Gasteiger partial charge in [0.25, 0.3) is 0 Å². The summed E-state index contributed by atoms with van der Waals surface area (Å²) in [4.78, 5) is 24.6. The second-order valence-electron chi connectivity index (χ2n) is 9.61. The largest absolute Gasteiger partial charge is 0.465 e. The molecule has 4 saturated carbocycles. The first-order valence-corrected chi connectivity index (χ1v) is 9.80. The summed E-state index contributed by atoms with van der Waals surface area (Å²) in [5.41, 5.74) is -0.382. The lowest BCUT2D eigenvalue weighted by Crippen LogP contribution is -2.44. The van der Waals surface area contributed by atoms with Crippen LogP contribution in [-0.2, 0) is 19.1 Å². The van der Waals surface area contributed by atoms with Crippen LogP contribution in [0.4, 0.5) is 0 Å². The van der Waals surface area contributed by atoms with Crippen LogP contribution in [0.5, 0.6) is 0 Å². The number of hydrogen-bond acceptors (Lipinski definition) is 4. The van der Waals surface area contributed by atoms with Gasteiger partial charge in [-0.15, -0.1) is 0 Å². The highest BCUT2D eigenvalue weighted by Gasteiger charge is 2.70. The lowest BCUT2D eigenvalue weighted by atomic mass is 9.63. The molecule has 0 spiro atoms. The van der Waals surface area contributed by atoms with E-state index in [0.29, 0.717) is 48.0 Å². The number of hydrogen-bond donors (Lipinski definition) is 0. The maximum Gasteiger partial charge on any atom is 0.311 e. The Kier molecular flexibility index (Phi) is 3.02. The maximum absolute atomic E-state index is 12.5. The van der Waals surface area contributed by atoms with Gasteiger partial charge in [-0.3, -0.25) is 9.59 Å². The number of ether oxygens (including phenoxy) is 2. The summed E-state index contributed by atoms with van der Waals surface area (Å²) in [6.45, 7) is 6.65. The summed E-state index contributed by atoms with van der Waals surface area (Å²) in [5.74, 6) is 4.43. The Bertz CT molecular complexity index is 596. The van der Waals surface area contributed by atoms with E-state index in [9.17, 15) is 9.59 Å². The number of carbonyl (C=O) groups is 2. The molecule has 0 aromatic rings. The van der Waals surface area contributed by atoms with Crippen LogP contribution in [0.1, 0.15) is 46.5 Å². The van der Waals surface area contributed by atoms with Crippen LogP contribution in [-0.4, -0.2) is 24.6 Å². The van der Waals surface area contributed by atoms with E-state index in [0.717, 1.165) is 12.8 Å². The molecule has 0 N–H and O–H groups in total. The molecule has 0 aromatic heterocycles. The Balaban J connectivity index is 1.35. The van der Waals surface area contributed by atoms with E-state index in [4.69, 9.17) is 9.47 Å². The molecule has 1 heterocycles. The zero-order chi connectivity index (χ0) is 16.8. The van der Waals surface area contributed by atoms with Crippen molar-refractivity contribution < 1.29 is 19.1 Å². The van der Waals surface area contributed by atoms with Gasteiger partial charge in [0.2, 0.25) is 0 Å². The minimum absolute atomic E-state index is 0.0282. The van der Waals surface area contributed by atoms with Crippen molar-refractivity contribution in [3.63, 3.8) is 0 Å². The molecule has 132 valence electrons. The Morgan fingerprint density at radius 3 is 2.67 bits per heavy atom. The van der Waals surface area contributed by atoms with E-state index in [1.807, 2.05) is 20.8 Å². The third-order valence-electron chi connectivity index (χ3n) is 8.46. The van der Waals surface area contributed by atoms with E-state index in [1.165, 1.54) is 12.8 Å². The quantitative estimate of drug-likeness (QED) is 0.589. The Labute approximate surface area is 143 Å². The molecule has 4 nitrogen and oxygen atoms in total. The number of carbonyl (C=O) groups excluding carboxylic acids is 2. The Morgan fingerprint density at radius 2 is 1.92 bits per heavy atom. The lowest BCUT2D eigenvalue weighted by Gasteiger charge is -2.42. The molecule has 9 atom stereocenters. The summed E-state index contributed by atoms with van der Waals surface area (Å²) in [7, 11) is 0. The van der Waals surface area contributed by atoms with E-state index < -0.39 is 0 Å². The van der Waals surface area contributed by atoms with Crippen molar-refractivity contribution in [2.24, 2.45) is 52.8 Å². The Hall–Kier alpha value is -1.06. The second-order valence-corrected chi connectivity index (χ2v) is 9.61. The van der Waals surface area contributed by atoms with Gasteiger partial charge in [0.05, 0.1) is 17.9 Å². The molecule has 5 rings (SSSR count). The SMILES string of the molecule is CCC(C)(C)C(=O)OC1CC2CC1C1C3CC(C4C(=O)OCC34)C21. The molecule has 5 aliphatic rings. The fraction of sp³-hybridized carbons (Fsp3) is 0.900. The van der Waals surface area contributed by atoms with Gasteiger partial charge in [-0.25, -0.2) is 0 Å². The fourth-order valence-corrected chi connectivity index (χ4v) is 7.11. The Morgan fingerprint density at radius 1 is 1.12 bits per heavy atom. The van der Waals surface area contributed by atoms with Crippen LogP contribution in [0.3, 0.4) is 0 Å². The highest BCUT2D eigenvalue weighted by atomic mass is 16.5. The molecule has 5 fully saturated rings. The van der Waals surface area contributed by atoms with Gasteiger partial charge in [-0.1, -0.05) is 6.92 Å². The molecule has 4 heteroatoms. The fourth-order valence-electron chi connectivity index (χ4n) is 7.11. The van der Waals surface area contributed by atoms with Crippen molar-refractivity contribution in [3.8, 4) is 0 Å². The molecule has 0 aromatic carbocycles. The molecule has 0 radical (unpaired) electrons. The summed E-state index contributed by atoms with van der Waals surface area (Å²) in [5, 5.41) is 0. The zero-order valence-electron chi connectivity index (χ0n) is 14.9. The van der Waals surface area contributed by atoms with Crippen LogP contribution < -0.4 is 0 Å². The molecule has 4 aliphatic carbocycles. The summed E-state index contributed by atoms with van der Waals surface area (Å²) >= 11 is 0. The van der Waals surface area contributed by atoms with Gasteiger partial charge in [0.1, 0.15) is 6.10 Å². The van der Waals surface area contributed by atoms with Crippen molar-refractivity contribution in [2.45, 2.75) is 52.6 Å². The predicted molar refractivity (Wildman–Crippen MR) is 86.7 cm³/mol. The standard InChI is InChI=1S/C20H28O4/c1-4-20(2,3)19(22)24-14-6-9-5-11(14)16-10-7-12(15(9)16)17-13(10)8-23-18(17)21/h9-17H,4-8H2,1-3H3. The van der Waals surface area contributed by atoms with Gasteiger partial charge in [0.15, 0.2) is 0 Å². The monoisotopic (exact) mass is 332 g/mol. The topological polar surface area (TPSA) is 52.6 Å². The summed E-state index contributed by atoms with van der Waals surface area (Å²) in [6.07, 6.45) is 4.37. The average molecular weight is 332 g/mol. The zero-order valence-corrected chi connectivity index (χ0v) is 14.9. The maximum atomic E-state index is 12.5. The lowest BCUT2D eigenvalue weighted by molar-refractivity contribution is -0.165. The second kappa shape index (κ2) is 4.76. The smallest absolute Gasteiger partial charge is 0.311 e. The molecule has 4 bridgehead atoms. The predicted octanol–water partition coefficient (Wildman–Crippen LogP) is 3.05. The molecular formula is C20H28O4. The van der Waals surface area contributed by atoms with Crippen molar-refractivity contribution in [1.29, 1.82) is 0 Å². The van der Waals surface area contributed by atoms with Gasteiger partial charge in [0, 0.05) is 5.92 Å². The molecule has 9 unspecified atom stereocenters. The molecule has 1 saturated heterocycles. The van der Waals surface area contributed by atoms with Crippen LogP contribution in [0.25, 0.3) is 0 Å². The number of rotatable bonds is 3. The highest BCUT2D eigenvalue weighted by Crippen LogP contribution is 2.71. The molecule has 24 heavy (non-hydrogen) atoms. The third kappa shape index (κ3) is 1.75. The van der Waals surface area contributed by atoms with Gasteiger partial charge in [-0.2, -0.15) is 0 Å². The van der Waals surface area contributed by atoms with Crippen molar-refractivity contribution in [3.05, 3.63) is 0 Å². The van der Waals surface area contributed by atoms with E-state index >= 15 is 0 Å². The van der Waals surface area contributed by atoms with Gasteiger partial charge < -0.3 is 9.47 Å². The first-order valence-electron chi connectivity index (χ1n) is 9.80. The van der Waals surface area contributed by atoms with Crippen molar-refractivity contribution in [2.75, 3.05) is 6.61 Å². The van der Waals surface area contributed by atoms with Crippen molar-refractivity contribution >= 4 is 11.9 Å². The average Bonchev–Trinajstić information content (AvgIpc) is 3.30. The molecule has 1 aliphatic heterocycles. The molecular weight excluding hydrogens is 304 g/mol. The van der Waals surface area contributed by atoms with Gasteiger partial charge >= 0.3 is 11.9 Å². The normalized spacial score (nSPS) is 50.8. The third-order valence-corrected chi connectivity index (χ3v) is 8.46. The minimum atomic E-state index is -0.382. The molecule has 0 amide bonds. The summed E-state index contributed by atoms with van der Waals surface area (Å²) in [6, 6.07) is 0. The number of esters is 2. The van der Waals surface area contributed by atoms with Gasteiger partial charge in [-0.05, 0) is 75.0 Å². The summed E-state index contributed by atoms with van der Waals surface area (Å²) < 4.78 is 11.4. The van der Waals surface area contributed by atoms with Crippen LogP contribution in [0.15, 0.2) is 0 Å². The van der Waals surface area contributed by atoms with E-state index in [1.54, 1.807) is 0 Å². The van der Waals surface area contributed by atoms with E-state index in [2.05, 4.69) is 0 Å².